The van der Waals surface area contributed by atoms with Crippen molar-refractivity contribution < 1.29 is 28.6 Å². The van der Waals surface area contributed by atoms with E-state index < -0.39 is 35.5 Å². The van der Waals surface area contributed by atoms with E-state index in [1.165, 1.54) is 0 Å². The van der Waals surface area contributed by atoms with E-state index in [1.807, 2.05) is 26.0 Å². The first-order valence-electron chi connectivity index (χ1n) is 9.40. The molecule has 1 aromatic rings. The van der Waals surface area contributed by atoms with Crippen LogP contribution in [0.1, 0.15) is 45.7 Å². The first kappa shape index (κ1) is 23.5. The maximum Gasteiger partial charge on any atom is 0.330 e. The van der Waals surface area contributed by atoms with Gasteiger partial charge in [-0.05, 0) is 71.7 Å². The van der Waals surface area contributed by atoms with Crippen LogP contribution in [0, 0.1) is 19.8 Å². The number of carbonyl (C=O) groups excluding carboxylic acids is 3. The van der Waals surface area contributed by atoms with Gasteiger partial charge in [0.15, 0.2) is 5.92 Å². The lowest BCUT2D eigenvalue weighted by molar-refractivity contribution is -0.171. The number of carbonyl (C=O) groups is 3. The Bertz CT molecular complexity index is 689. The van der Waals surface area contributed by atoms with Gasteiger partial charge in [0.05, 0.1) is 13.2 Å². The summed E-state index contributed by atoms with van der Waals surface area (Å²) < 4.78 is 15.5. The lowest BCUT2D eigenvalue weighted by Gasteiger charge is -2.28. The number of ether oxygens (including phenoxy) is 3. The van der Waals surface area contributed by atoms with Gasteiger partial charge in [0, 0.05) is 5.69 Å². The Labute approximate surface area is 166 Å². The van der Waals surface area contributed by atoms with Crippen LogP contribution in [0.4, 0.5) is 5.69 Å². The molecule has 0 saturated heterocycles. The van der Waals surface area contributed by atoms with Crippen molar-refractivity contribution in [2.24, 2.45) is 5.92 Å². The molecule has 1 atom stereocenters. The number of benzene rings is 1. The monoisotopic (exact) mass is 393 g/mol. The van der Waals surface area contributed by atoms with E-state index in [9.17, 15) is 14.4 Å². The van der Waals surface area contributed by atoms with Gasteiger partial charge in [-0.1, -0.05) is 6.07 Å². The maximum absolute atomic E-state index is 12.9. The first-order valence-corrected chi connectivity index (χ1v) is 9.40. The largest absolute Gasteiger partial charge is 0.465 e. The SMILES string of the molecule is CCOC(=O)C(C(=O)OCC)[C@H](Nc1ccc(C)c(C)c1)C(=O)OC(C)(C)C. The summed E-state index contributed by atoms with van der Waals surface area (Å²) in [6, 6.07) is 4.19. The Morgan fingerprint density at radius 3 is 1.89 bits per heavy atom. The van der Waals surface area contributed by atoms with Gasteiger partial charge in [0.2, 0.25) is 0 Å². The van der Waals surface area contributed by atoms with Gasteiger partial charge in [0.25, 0.3) is 0 Å². The van der Waals surface area contributed by atoms with E-state index in [0.29, 0.717) is 5.69 Å². The average molecular weight is 393 g/mol. The van der Waals surface area contributed by atoms with E-state index in [-0.39, 0.29) is 13.2 Å². The number of anilines is 1. The summed E-state index contributed by atoms with van der Waals surface area (Å²) in [6.45, 7) is 12.4. The molecule has 7 heteroatoms. The number of nitrogens with one attached hydrogen (secondary N) is 1. The third-order valence-electron chi connectivity index (χ3n) is 3.90. The van der Waals surface area contributed by atoms with Gasteiger partial charge < -0.3 is 19.5 Å². The van der Waals surface area contributed by atoms with Gasteiger partial charge in [-0.15, -0.1) is 0 Å². The smallest absolute Gasteiger partial charge is 0.330 e. The lowest BCUT2D eigenvalue weighted by atomic mass is 9.98. The van der Waals surface area contributed by atoms with Crippen molar-refractivity contribution in [3.63, 3.8) is 0 Å². The molecule has 0 amide bonds. The molecule has 0 aliphatic carbocycles. The van der Waals surface area contributed by atoms with Crippen molar-refractivity contribution in [3.05, 3.63) is 29.3 Å². The van der Waals surface area contributed by atoms with Crippen LogP contribution in [0.25, 0.3) is 0 Å². The van der Waals surface area contributed by atoms with Crippen LogP contribution in [0.5, 0.6) is 0 Å². The second kappa shape index (κ2) is 10.1. The molecule has 0 fully saturated rings. The van der Waals surface area contributed by atoms with Crippen LogP contribution in [0.15, 0.2) is 18.2 Å². The van der Waals surface area contributed by atoms with Crippen molar-refractivity contribution in [2.45, 2.75) is 60.1 Å². The molecular weight excluding hydrogens is 362 g/mol. The minimum atomic E-state index is -1.49. The molecule has 0 radical (unpaired) electrons. The standard InChI is InChI=1S/C21H31NO6/c1-8-26-18(23)16(19(24)27-9-2)17(20(25)28-21(5,6)7)22-15-11-10-13(3)14(4)12-15/h10-12,16-17,22H,8-9H2,1-7H3/t17-/m0/s1. The number of aryl methyl sites for hydroxylation is 2. The maximum atomic E-state index is 12.9. The fourth-order valence-electron chi connectivity index (χ4n) is 2.49. The molecule has 0 spiro atoms. The highest BCUT2D eigenvalue weighted by Crippen LogP contribution is 2.22. The quantitative estimate of drug-likeness (QED) is 0.412. The van der Waals surface area contributed by atoms with Crippen molar-refractivity contribution in [2.75, 3.05) is 18.5 Å². The zero-order valence-electron chi connectivity index (χ0n) is 17.8. The molecule has 0 aliphatic rings. The summed E-state index contributed by atoms with van der Waals surface area (Å²) in [7, 11) is 0. The molecule has 0 unspecified atom stereocenters. The van der Waals surface area contributed by atoms with Crippen LogP contribution in [0.3, 0.4) is 0 Å². The average Bonchev–Trinajstić information content (AvgIpc) is 2.56. The van der Waals surface area contributed by atoms with Crippen molar-refractivity contribution in [1.29, 1.82) is 0 Å². The minimum absolute atomic E-state index is 0.0689. The molecule has 0 aromatic heterocycles. The van der Waals surface area contributed by atoms with Gasteiger partial charge in [0.1, 0.15) is 11.6 Å². The van der Waals surface area contributed by atoms with Crippen LogP contribution < -0.4 is 5.32 Å². The molecule has 0 heterocycles. The molecule has 1 rings (SSSR count). The third kappa shape index (κ3) is 6.87. The summed E-state index contributed by atoms with van der Waals surface area (Å²) >= 11 is 0. The summed E-state index contributed by atoms with van der Waals surface area (Å²) in [5, 5.41) is 2.97. The second-order valence-electron chi connectivity index (χ2n) is 7.44. The predicted octanol–water partition coefficient (Wildman–Crippen LogP) is 3.17. The van der Waals surface area contributed by atoms with Gasteiger partial charge in [-0.3, -0.25) is 9.59 Å². The highest BCUT2D eigenvalue weighted by molar-refractivity contribution is 6.01. The molecule has 0 aliphatic heterocycles. The van der Waals surface area contributed by atoms with Crippen molar-refractivity contribution >= 4 is 23.6 Å². The number of hydrogen-bond acceptors (Lipinski definition) is 7. The molecule has 1 aromatic carbocycles. The Kier molecular flexibility index (Phi) is 8.47. The topological polar surface area (TPSA) is 90.9 Å². The number of rotatable bonds is 8. The van der Waals surface area contributed by atoms with Crippen LogP contribution in [-0.2, 0) is 28.6 Å². The lowest BCUT2D eigenvalue weighted by Crippen LogP contribution is -2.49. The van der Waals surface area contributed by atoms with E-state index in [2.05, 4.69) is 5.32 Å². The van der Waals surface area contributed by atoms with E-state index in [1.54, 1.807) is 40.7 Å². The van der Waals surface area contributed by atoms with Gasteiger partial charge in [-0.25, -0.2) is 4.79 Å². The summed E-state index contributed by atoms with van der Waals surface area (Å²) in [4.78, 5) is 37.9. The van der Waals surface area contributed by atoms with E-state index in [0.717, 1.165) is 11.1 Å². The highest BCUT2D eigenvalue weighted by atomic mass is 16.6. The Hall–Kier alpha value is -2.57. The summed E-state index contributed by atoms with van der Waals surface area (Å²) in [5.74, 6) is -3.91. The van der Waals surface area contributed by atoms with Crippen molar-refractivity contribution in [3.8, 4) is 0 Å². The normalized spacial score (nSPS) is 12.3. The molecular formula is C21H31NO6. The fourth-order valence-corrected chi connectivity index (χ4v) is 2.49. The van der Waals surface area contributed by atoms with Crippen LogP contribution in [-0.4, -0.2) is 42.8 Å². The molecule has 156 valence electrons. The van der Waals surface area contributed by atoms with Crippen LogP contribution >= 0.6 is 0 Å². The van der Waals surface area contributed by atoms with Gasteiger partial charge in [-0.2, -0.15) is 0 Å². The molecule has 1 N–H and O–H groups in total. The Balaban J connectivity index is 3.33. The molecule has 0 saturated carbocycles. The molecule has 28 heavy (non-hydrogen) atoms. The number of esters is 3. The number of hydrogen-bond donors (Lipinski definition) is 1. The highest BCUT2D eigenvalue weighted by Gasteiger charge is 2.44. The molecule has 0 bridgehead atoms. The summed E-state index contributed by atoms with van der Waals surface area (Å²) in [6.07, 6.45) is 0. The van der Waals surface area contributed by atoms with Gasteiger partial charge >= 0.3 is 17.9 Å². The zero-order chi connectivity index (χ0) is 21.5. The van der Waals surface area contributed by atoms with Crippen molar-refractivity contribution in [1.82, 2.24) is 0 Å². The summed E-state index contributed by atoms with van der Waals surface area (Å²) in [5.41, 5.74) is 1.86. The van der Waals surface area contributed by atoms with Crippen LogP contribution in [0.2, 0.25) is 0 Å². The predicted molar refractivity (Wildman–Crippen MR) is 106 cm³/mol. The van der Waals surface area contributed by atoms with E-state index in [4.69, 9.17) is 14.2 Å². The minimum Gasteiger partial charge on any atom is -0.465 e. The first-order chi connectivity index (χ1) is 13.0. The molecule has 7 nitrogen and oxygen atoms in total. The Morgan fingerprint density at radius 1 is 0.929 bits per heavy atom. The van der Waals surface area contributed by atoms with E-state index >= 15 is 0 Å². The zero-order valence-corrected chi connectivity index (χ0v) is 17.8. The Morgan fingerprint density at radius 2 is 1.46 bits per heavy atom. The second-order valence-corrected chi connectivity index (χ2v) is 7.44. The fraction of sp³-hybridized carbons (Fsp3) is 0.571. The third-order valence-corrected chi connectivity index (χ3v) is 3.90.